The summed E-state index contributed by atoms with van der Waals surface area (Å²) >= 11 is 1.63. The van der Waals surface area contributed by atoms with E-state index in [1.54, 1.807) is 23.7 Å². The summed E-state index contributed by atoms with van der Waals surface area (Å²) in [6.07, 6.45) is 3.27. The van der Waals surface area contributed by atoms with Gasteiger partial charge in [-0.15, -0.1) is 11.3 Å². The summed E-state index contributed by atoms with van der Waals surface area (Å²) in [6.45, 7) is 4.02. The largest absolute Gasteiger partial charge is 0.385 e. The van der Waals surface area contributed by atoms with E-state index in [2.05, 4.69) is 15.0 Å². The molecule has 0 bridgehead atoms. The minimum atomic E-state index is -0.593. The molecule has 0 aromatic carbocycles. The smallest absolute Gasteiger partial charge is 0.135 e. The maximum atomic E-state index is 9.84. The molecular weight excluding hydrogens is 210 g/mol. The molecule has 15 heavy (non-hydrogen) atoms. The van der Waals surface area contributed by atoms with E-state index < -0.39 is 6.10 Å². The van der Waals surface area contributed by atoms with Gasteiger partial charge in [0.2, 0.25) is 0 Å². The summed E-state index contributed by atoms with van der Waals surface area (Å²) in [4.78, 5) is 12.5. The molecule has 2 aromatic heterocycles. The van der Waals surface area contributed by atoms with Crippen molar-refractivity contribution in [3.63, 3.8) is 0 Å². The molecular formula is C10H13N3OS. The van der Waals surface area contributed by atoms with E-state index >= 15 is 0 Å². The highest BCUT2D eigenvalue weighted by Crippen LogP contribution is 2.21. The van der Waals surface area contributed by atoms with Crippen molar-refractivity contribution >= 4 is 11.3 Å². The van der Waals surface area contributed by atoms with Gasteiger partial charge in [0.05, 0.1) is 10.7 Å². The molecule has 0 aliphatic heterocycles. The number of thiazole rings is 1. The summed E-state index contributed by atoms with van der Waals surface area (Å²) in [5.41, 5.74) is 1.04. The van der Waals surface area contributed by atoms with Crippen LogP contribution in [0.2, 0.25) is 0 Å². The number of aromatic nitrogens is 3. The van der Waals surface area contributed by atoms with Crippen LogP contribution >= 0.6 is 11.3 Å². The van der Waals surface area contributed by atoms with E-state index in [1.165, 1.54) is 4.88 Å². The topological polar surface area (TPSA) is 61.8 Å². The van der Waals surface area contributed by atoms with Crippen LogP contribution in [0.5, 0.6) is 0 Å². The summed E-state index contributed by atoms with van der Waals surface area (Å²) in [5.74, 6) is 0.598. The van der Waals surface area contributed by atoms with Crippen LogP contribution in [-0.4, -0.2) is 20.1 Å². The summed E-state index contributed by atoms with van der Waals surface area (Å²) in [5, 5.41) is 10.8. The molecule has 0 aliphatic rings. The molecule has 2 aromatic rings. The zero-order valence-electron chi connectivity index (χ0n) is 8.69. The maximum Gasteiger partial charge on any atom is 0.135 e. The molecule has 1 unspecified atom stereocenters. The Kier molecular flexibility index (Phi) is 2.83. The monoisotopic (exact) mass is 223 g/mol. The van der Waals surface area contributed by atoms with E-state index in [-0.39, 0.29) is 0 Å². The highest BCUT2D eigenvalue weighted by molar-refractivity contribution is 7.11. The van der Waals surface area contributed by atoms with Crippen LogP contribution in [0.25, 0.3) is 0 Å². The number of nitrogens with one attached hydrogen (secondary N) is 1. The number of hydrogen-bond donors (Lipinski definition) is 2. The molecule has 2 heterocycles. The number of hydrogen-bond acceptors (Lipinski definition) is 4. The lowest BCUT2D eigenvalue weighted by Gasteiger charge is -2.04. The second kappa shape index (κ2) is 4.12. The molecule has 0 radical (unpaired) electrons. The Labute approximate surface area is 92.0 Å². The van der Waals surface area contributed by atoms with Gasteiger partial charge in [-0.3, -0.25) is 0 Å². The van der Waals surface area contributed by atoms with Gasteiger partial charge in [-0.05, 0) is 13.8 Å². The Morgan fingerprint density at radius 1 is 1.53 bits per heavy atom. The van der Waals surface area contributed by atoms with Crippen LogP contribution in [0.15, 0.2) is 12.4 Å². The zero-order valence-corrected chi connectivity index (χ0v) is 9.51. The number of rotatable bonds is 3. The zero-order chi connectivity index (χ0) is 10.8. The first-order chi connectivity index (χ1) is 7.16. The first-order valence-corrected chi connectivity index (χ1v) is 5.58. The molecule has 0 spiro atoms. The molecule has 4 nitrogen and oxygen atoms in total. The number of aliphatic hydroxyl groups excluding tert-OH is 1. The SMILES string of the molecule is Cc1nc(CC(O)c2ncc[nH]2)sc1C. The quantitative estimate of drug-likeness (QED) is 0.833. The van der Waals surface area contributed by atoms with Crippen LogP contribution in [0.1, 0.15) is 27.5 Å². The average Bonchev–Trinajstić information content (AvgIpc) is 2.77. The van der Waals surface area contributed by atoms with Gasteiger partial charge in [-0.2, -0.15) is 0 Å². The molecule has 2 rings (SSSR count). The van der Waals surface area contributed by atoms with Gasteiger partial charge in [0.15, 0.2) is 0 Å². The van der Waals surface area contributed by atoms with Crippen molar-refractivity contribution in [3.05, 3.63) is 33.8 Å². The number of aryl methyl sites for hydroxylation is 2. The second-order valence-corrected chi connectivity index (χ2v) is 4.73. The fourth-order valence-corrected chi connectivity index (χ4v) is 2.32. The minimum Gasteiger partial charge on any atom is -0.385 e. The van der Waals surface area contributed by atoms with Gasteiger partial charge in [-0.25, -0.2) is 9.97 Å². The van der Waals surface area contributed by atoms with Crippen LogP contribution in [0.3, 0.4) is 0 Å². The van der Waals surface area contributed by atoms with Crippen molar-refractivity contribution in [2.45, 2.75) is 26.4 Å². The molecule has 0 saturated carbocycles. The van der Waals surface area contributed by atoms with Crippen molar-refractivity contribution in [2.75, 3.05) is 0 Å². The van der Waals surface area contributed by atoms with Crippen molar-refractivity contribution in [1.82, 2.24) is 15.0 Å². The van der Waals surface area contributed by atoms with E-state index in [1.807, 2.05) is 13.8 Å². The van der Waals surface area contributed by atoms with Gasteiger partial charge in [-0.1, -0.05) is 0 Å². The number of imidazole rings is 1. The first-order valence-electron chi connectivity index (χ1n) is 4.77. The second-order valence-electron chi connectivity index (χ2n) is 3.44. The summed E-state index contributed by atoms with van der Waals surface area (Å²) in [7, 11) is 0. The highest BCUT2D eigenvalue weighted by atomic mass is 32.1. The van der Waals surface area contributed by atoms with Crippen molar-refractivity contribution in [2.24, 2.45) is 0 Å². The van der Waals surface area contributed by atoms with Crippen molar-refractivity contribution in [1.29, 1.82) is 0 Å². The standard InChI is InChI=1S/C10H13N3OS/c1-6-7(2)15-9(13-6)5-8(14)10-11-3-4-12-10/h3-4,8,14H,5H2,1-2H3,(H,11,12). The summed E-state index contributed by atoms with van der Waals surface area (Å²) < 4.78 is 0. The van der Waals surface area contributed by atoms with E-state index in [0.717, 1.165) is 10.7 Å². The number of aliphatic hydroxyl groups is 1. The van der Waals surface area contributed by atoms with Gasteiger partial charge >= 0.3 is 0 Å². The van der Waals surface area contributed by atoms with Gasteiger partial charge in [0.1, 0.15) is 11.9 Å². The lowest BCUT2D eigenvalue weighted by atomic mass is 10.2. The van der Waals surface area contributed by atoms with Crippen molar-refractivity contribution in [3.8, 4) is 0 Å². The Morgan fingerprint density at radius 2 is 2.33 bits per heavy atom. The van der Waals surface area contributed by atoms with Gasteiger partial charge in [0, 0.05) is 23.7 Å². The van der Waals surface area contributed by atoms with Gasteiger partial charge < -0.3 is 10.1 Å². The average molecular weight is 223 g/mol. The Hall–Kier alpha value is -1.20. The fraction of sp³-hybridized carbons (Fsp3) is 0.400. The molecule has 80 valence electrons. The van der Waals surface area contributed by atoms with Crippen molar-refractivity contribution < 1.29 is 5.11 Å². The van der Waals surface area contributed by atoms with Crippen LogP contribution in [0, 0.1) is 13.8 Å². The minimum absolute atomic E-state index is 0.521. The molecule has 0 amide bonds. The maximum absolute atomic E-state index is 9.84. The Balaban J connectivity index is 2.09. The van der Waals surface area contributed by atoms with E-state index in [0.29, 0.717) is 12.2 Å². The third-order valence-electron chi connectivity index (χ3n) is 2.28. The molecule has 1 atom stereocenters. The van der Waals surface area contributed by atoms with Gasteiger partial charge in [0.25, 0.3) is 0 Å². The molecule has 2 N–H and O–H groups in total. The molecule has 0 saturated heterocycles. The van der Waals surface area contributed by atoms with E-state index in [4.69, 9.17) is 0 Å². The van der Waals surface area contributed by atoms with E-state index in [9.17, 15) is 5.11 Å². The molecule has 5 heteroatoms. The highest BCUT2D eigenvalue weighted by Gasteiger charge is 2.13. The Morgan fingerprint density at radius 3 is 2.87 bits per heavy atom. The lowest BCUT2D eigenvalue weighted by molar-refractivity contribution is 0.169. The normalized spacial score (nSPS) is 13.0. The predicted molar refractivity (Wildman–Crippen MR) is 58.8 cm³/mol. The first kappa shape index (κ1) is 10.3. The van der Waals surface area contributed by atoms with Crippen LogP contribution < -0.4 is 0 Å². The number of H-pyrrole nitrogens is 1. The Bertz CT molecular complexity index is 416. The predicted octanol–water partition coefficient (Wildman–Crippen LogP) is 1.76. The number of nitrogens with zero attached hydrogens (tertiary/aromatic N) is 2. The molecule has 0 aliphatic carbocycles. The van der Waals surface area contributed by atoms with Crippen LogP contribution in [-0.2, 0) is 6.42 Å². The summed E-state index contributed by atoms with van der Waals surface area (Å²) in [6, 6.07) is 0. The fourth-order valence-electron chi connectivity index (χ4n) is 1.35. The molecule has 0 fully saturated rings. The third-order valence-corrected chi connectivity index (χ3v) is 3.37. The number of aromatic amines is 1. The lowest BCUT2D eigenvalue weighted by Crippen LogP contribution is -2.03. The van der Waals surface area contributed by atoms with Crippen LogP contribution in [0.4, 0.5) is 0 Å². The third kappa shape index (κ3) is 2.24.